The van der Waals surface area contributed by atoms with Gasteiger partial charge in [-0.1, -0.05) is 309 Å². The zero-order valence-electron chi connectivity index (χ0n) is 68.0. The summed E-state index contributed by atoms with van der Waals surface area (Å²) in [7, 11) is 0. The maximum atomic E-state index is 7.18. The van der Waals surface area contributed by atoms with E-state index in [0.29, 0.717) is 0 Å². The molecule has 4 nitrogen and oxygen atoms in total. The van der Waals surface area contributed by atoms with Crippen LogP contribution in [0, 0.1) is 0 Å². The molecule has 0 bridgehead atoms. The minimum absolute atomic E-state index is 0.0394. The molecule has 0 unspecified atom stereocenters. The highest BCUT2D eigenvalue weighted by Crippen LogP contribution is 2.65. The third-order valence-electron chi connectivity index (χ3n) is 28.5. The van der Waals surface area contributed by atoms with Crippen LogP contribution in [-0.2, 0) is 27.1 Å². The zero-order chi connectivity index (χ0) is 77.8. The quantitative estimate of drug-likeness (QED) is 0.0803. The molecule has 5 aliphatic carbocycles. The van der Waals surface area contributed by atoms with Gasteiger partial charge in [-0.3, -0.25) is 0 Å². The average molecular weight is 1490 g/mol. The molecule has 0 atom stereocenters. The van der Waals surface area contributed by atoms with E-state index in [1.807, 2.05) is 0 Å². The Balaban J connectivity index is 0.615. The minimum atomic E-state index is -0.418. The topological polar surface area (TPSA) is 42.7 Å². The molecule has 0 fully saturated rings. The molecule has 17 aromatic rings. The zero-order valence-corrected chi connectivity index (χ0v) is 68.0. The molecule has 0 spiro atoms. The summed E-state index contributed by atoms with van der Waals surface area (Å²) in [6.45, 7) is 24.2. The number of furan rings is 3. The lowest BCUT2D eigenvalue weighted by molar-refractivity contribution is 0.399. The van der Waals surface area contributed by atoms with Gasteiger partial charge in [0.15, 0.2) is 0 Å². The molecule has 3 aromatic heterocycles. The van der Waals surface area contributed by atoms with Crippen molar-refractivity contribution in [2.24, 2.45) is 0 Å². The average Bonchev–Trinajstić information content (AvgIpc) is 1.50. The predicted octanol–water partition coefficient (Wildman–Crippen LogP) is 32.1. The van der Waals surface area contributed by atoms with Gasteiger partial charge in [-0.15, -0.1) is 0 Å². The maximum absolute atomic E-state index is 7.18. The lowest BCUT2D eigenvalue weighted by Crippen LogP contribution is -2.25. The molecule has 0 aliphatic heterocycles. The Bertz CT molecular complexity index is 6940. The van der Waals surface area contributed by atoms with E-state index >= 15 is 0 Å². The SMILES string of the molecule is CCCCCCCC1(CCCCCCC)c2ccccc2-c2ccc(-c3ccc4c(c3)C(C)(C)c3cc(-c5ccc(-c6cc7c(c8c6oc6ccccc68)-c6ccc(N(c8ccc9c(c8)C(C)(C)c8c%10c(c%11c(oc%12ccccc%12%11)c8-9)-c8ccccc8C%10(C)C)c8ccc9oc%10ccccc%10c9c8)cc6C7(C)C)cc5)ccc3-4)cc21. The van der Waals surface area contributed by atoms with E-state index in [-0.39, 0.29) is 16.2 Å². The van der Waals surface area contributed by atoms with Crippen molar-refractivity contribution in [3.8, 4) is 89.0 Å². The molecule has 14 aromatic carbocycles. The summed E-state index contributed by atoms with van der Waals surface area (Å²) in [6, 6.07) is 99.5. The standard InChI is InChI=1S/C111H97NO3/c1-11-13-15-17-29-57-111(58-30-18-16-14-12-2)87-37-25-19-31-74(87)77-53-47-70(61-92(77)111)69-46-52-76-75-51-45-68(59-88(75)107(3,4)89(76)60-69)66-41-43-67(44-42-66)84-65-93-98(100-82-34-22-27-39-95(82)114-105(84)100)80-54-48-72(63-90(80)108(93,5)6)112(71-50-56-97-85(62-71)78-32-21-26-38-94(78)113-97)73-49-55-81-91(64-73)110(9,10)104-102(81)106-101(83-35-23-28-40-96(83)115-106)99-79-33-20-24-36-86(79)109(7,8)103(99)104/h19-28,31-56,59-65H,11-18,29-30,57-58H2,1-10H3. The van der Waals surface area contributed by atoms with Crippen molar-refractivity contribution >= 4 is 82.9 Å². The summed E-state index contributed by atoms with van der Waals surface area (Å²) >= 11 is 0. The van der Waals surface area contributed by atoms with Crippen LogP contribution in [0.15, 0.2) is 274 Å². The Morgan fingerprint density at radius 1 is 0.252 bits per heavy atom. The highest BCUT2D eigenvalue weighted by molar-refractivity contribution is 6.22. The normalized spacial score (nSPS) is 15.5. The van der Waals surface area contributed by atoms with E-state index in [1.165, 1.54) is 205 Å². The minimum Gasteiger partial charge on any atom is -0.456 e. The molecule has 0 saturated heterocycles. The molecule has 0 amide bonds. The number of benzene rings is 14. The van der Waals surface area contributed by atoms with Crippen molar-refractivity contribution in [1.82, 2.24) is 0 Å². The first-order valence-electron chi connectivity index (χ1n) is 42.7. The highest BCUT2D eigenvalue weighted by Gasteiger charge is 2.50. The van der Waals surface area contributed by atoms with Crippen LogP contribution < -0.4 is 4.90 Å². The van der Waals surface area contributed by atoms with Gasteiger partial charge in [0, 0.05) is 87.6 Å². The fourth-order valence-electron chi connectivity index (χ4n) is 22.7. The number of fused-ring (bicyclic) bond motifs is 28. The van der Waals surface area contributed by atoms with Crippen LogP contribution in [0.3, 0.4) is 0 Å². The molecule has 22 rings (SSSR count). The van der Waals surface area contributed by atoms with Crippen LogP contribution in [0.25, 0.3) is 155 Å². The molecular formula is C111H97NO3. The molecule has 564 valence electrons. The number of hydrogen-bond acceptors (Lipinski definition) is 4. The molecule has 0 saturated carbocycles. The van der Waals surface area contributed by atoms with Crippen molar-refractivity contribution in [3.63, 3.8) is 0 Å². The van der Waals surface area contributed by atoms with Crippen LogP contribution in [0.4, 0.5) is 17.1 Å². The third kappa shape index (κ3) is 10.1. The molecule has 0 N–H and O–H groups in total. The van der Waals surface area contributed by atoms with Gasteiger partial charge in [0.1, 0.15) is 33.5 Å². The lowest BCUT2D eigenvalue weighted by atomic mass is 9.70. The lowest BCUT2D eigenvalue weighted by Gasteiger charge is -2.33. The van der Waals surface area contributed by atoms with Crippen molar-refractivity contribution < 1.29 is 13.3 Å². The van der Waals surface area contributed by atoms with Crippen LogP contribution in [0.5, 0.6) is 0 Å². The second-order valence-corrected chi connectivity index (χ2v) is 36.4. The maximum Gasteiger partial charge on any atom is 0.144 e. The number of rotatable bonds is 18. The molecular weight excluding hydrogens is 1400 g/mol. The third-order valence-corrected chi connectivity index (χ3v) is 28.5. The highest BCUT2D eigenvalue weighted by atomic mass is 16.3. The summed E-state index contributed by atoms with van der Waals surface area (Å²) < 4.78 is 20.9. The molecule has 4 heteroatoms. The first kappa shape index (κ1) is 70.0. The molecule has 115 heavy (non-hydrogen) atoms. The van der Waals surface area contributed by atoms with Crippen LogP contribution in [0.1, 0.15) is 202 Å². The second-order valence-electron chi connectivity index (χ2n) is 36.4. The largest absolute Gasteiger partial charge is 0.456 e. The van der Waals surface area contributed by atoms with E-state index in [4.69, 9.17) is 13.3 Å². The Kier molecular flexibility index (Phi) is 15.6. The van der Waals surface area contributed by atoms with E-state index < -0.39 is 10.8 Å². The monoisotopic (exact) mass is 1490 g/mol. The number of para-hydroxylation sites is 3. The van der Waals surface area contributed by atoms with Gasteiger partial charge in [0.05, 0.1) is 0 Å². The smallest absolute Gasteiger partial charge is 0.144 e. The van der Waals surface area contributed by atoms with Crippen molar-refractivity contribution in [2.45, 2.75) is 173 Å². The summed E-state index contributed by atoms with van der Waals surface area (Å²) in [4.78, 5) is 2.50. The number of unbranched alkanes of at least 4 members (excludes halogenated alkanes) is 8. The van der Waals surface area contributed by atoms with E-state index in [1.54, 1.807) is 11.1 Å². The van der Waals surface area contributed by atoms with E-state index in [9.17, 15) is 0 Å². The predicted molar refractivity (Wildman–Crippen MR) is 482 cm³/mol. The summed E-state index contributed by atoms with van der Waals surface area (Å²) in [5.74, 6) is 0. The van der Waals surface area contributed by atoms with Gasteiger partial charge in [-0.05, 0) is 231 Å². The van der Waals surface area contributed by atoms with E-state index in [0.717, 1.165) is 88.6 Å². The van der Waals surface area contributed by atoms with Gasteiger partial charge < -0.3 is 18.2 Å². The van der Waals surface area contributed by atoms with Crippen molar-refractivity contribution in [2.75, 3.05) is 4.90 Å². The Labute approximate surface area is 675 Å². The first-order chi connectivity index (χ1) is 56.0. The molecule has 3 heterocycles. The Morgan fingerprint density at radius 2 is 0.661 bits per heavy atom. The second kappa shape index (κ2) is 25.6. The Morgan fingerprint density at radius 3 is 1.30 bits per heavy atom. The molecule has 0 radical (unpaired) electrons. The van der Waals surface area contributed by atoms with Gasteiger partial charge in [-0.25, -0.2) is 0 Å². The van der Waals surface area contributed by atoms with Crippen LogP contribution in [-0.4, -0.2) is 0 Å². The fraction of sp³-hybridized carbons (Fsp3) is 0.243. The summed E-state index contributed by atoms with van der Waals surface area (Å²) in [5, 5.41) is 6.85. The number of nitrogens with zero attached hydrogens (tertiary/aromatic N) is 1. The number of hydrogen-bond donors (Lipinski definition) is 0. The first-order valence-corrected chi connectivity index (χ1v) is 42.7. The van der Waals surface area contributed by atoms with Crippen LogP contribution in [0.2, 0.25) is 0 Å². The molecule has 5 aliphatic rings. The van der Waals surface area contributed by atoms with Crippen molar-refractivity contribution in [1.29, 1.82) is 0 Å². The van der Waals surface area contributed by atoms with E-state index in [2.05, 4.69) is 335 Å². The fourth-order valence-corrected chi connectivity index (χ4v) is 22.7. The van der Waals surface area contributed by atoms with Crippen molar-refractivity contribution in [3.05, 3.63) is 316 Å². The van der Waals surface area contributed by atoms with Gasteiger partial charge in [-0.2, -0.15) is 0 Å². The number of anilines is 3. The van der Waals surface area contributed by atoms with Gasteiger partial charge in [0.25, 0.3) is 0 Å². The van der Waals surface area contributed by atoms with Crippen LogP contribution >= 0.6 is 0 Å². The van der Waals surface area contributed by atoms with Gasteiger partial charge in [0.2, 0.25) is 0 Å². The summed E-state index contributed by atoms with van der Waals surface area (Å²) in [6.07, 6.45) is 15.4. The Hall–Kier alpha value is -11.7. The summed E-state index contributed by atoms with van der Waals surface area (Å²) in [5.41, 5.74) is 41.7. The van der Waals surface area contributed by atoms with Gasteiger partial charge >= 0.3 is 0 Å².